The van der Waals surface area contributed by atoms with Gasteiger partial charge >= 0.3 is 0 Å². The van der Waals surface area contributed by atoms with Crippen molar-refractivity contribution in [1.82, 2.24) is 15.0 Å². The van der Waals surface area contributed by atoms with Crippen LogP contribution in [0, 0.1) is 13.8 Å². The number of thiophene rings is 1. The van der Waals surface area contributed by atoms with Crippen molar-refractivity contribution in [2.45, 2.75) is 33.6 Å². The Morgan fingerprint density at radius 1 is 1.11 bits per heavy atom. The van der Waals surface area contributed by atoms with Crippen molar-refractivity contribution in [3.63, 3.8) is 0 Å². The minimum absolute atomic E-state index is 0.140. The third-order valence-corrected chi connectivity index (χ3v) is 6.63. The van der Waals surface area contributed by atoms with Crippen molar-refractivity contribution in [1.29, 1.82) is 0 Å². The molecule has 4 rings (SSSR count). The lowest BCUT2D eigenvalue weighted by Gasteiger charge is -2.01. The number of amides is 1. The van der Waals surface area contributed by atoms with Gasteiger partial charge in [-0.1, -0.05) is 37.3 Å². The molecule has 0 radical (unpaired) electrons. The number of benzene rings is 1. The SMILES string of the molecule is CCc1nc(C)c2c(C)c(C(=O)Nc3ncc(Cc4ccccc4)s3)sc2n1. The highest BCUT2D eigenvalue weighted by molar-refractivity contribution is 7.21. The second kappa shape index (κ2) is 7.77. The van der Waals surface area contributed by atoms with E-state index in [0.29, 0.717) is 10.0 Å². The van der Waals surface area contributed by atoms with Gasteiger partial charge in [0.05, 0.1) is 4.88 Å². The number of hydrogen-bond donors (Lipinski definition) is 1. The molecule has 28 heavy (non-hydrogen) atoms. The third kappa shape index (κ3) is 3.68. The van der Waals surface area contributed by atoms with Crippen molar-refractivity contribution in [2.75, 3.05) is 5.32 Å². The highest BCUT2D eigenvalue weighted by atomic mass is 32.1. The number of thiazole rings is 1. The zero-order valence-electron chi connectivity index (χ0n) is 15.9. The van der Waals surface area contributed by atoms with Crippen LogP contribution in [0.2, 0.25) is 0 Å². The Bertz CT molecular complexity index is 1150. The number of anilines is 1. The van der Waals surface area contributed by atoms with Gasteiger partial charge in [-0.05, 0) is 25.0 Å². The second-order valence-electron chi connectivity index (χ2n) is 6.56. The fourth-order valence-corrected chi connectivity index (χ4v) is 5.16. The number of hydrogen-bond acceptors (Lipinski definition) is 6. The molecule has 1 aromatic carbocycles. The molecule has 0 fully saturated rings. The predicted molar refractivity (Wildman–Crippen MR) is 116 cm³/mol. The van der Waals surface area contributed by atoms with Crippen LogP contribution in [0.15, 0.2) is 36.5 Å². The van der Waals surface area contributed by atoms with Crippen LogP contribution in [0.1, 0.15) is 44.1 Å². The molecule has 0 aliphatic carbocycles. The van der Waals surface area contributed by atoms with Gasteiger partial charge in [0.15, 0.2) is 5.13 Å². The average molecular weight is 409 g/mol. The topological polar surface area (TPSA) is 67.8 Å². The number of nitrogens with zero attached hydrogens (tertiary/aromatic N) is 3. The first-order valence-electron chi connectivity index (χ1n) is 9.11. The van der Waals surface area contributed by atoms with Gasteiger partial charge in [0.25, 0.3) is 5.91 Å². The van der Waals surface area contributed by atoms with E-state index in [1.165, 1.54) is 28.2 Å². The molecule has 0 aliphatic heterocycles. The van der Waals surface area contributed by atoms with E-state index in [-0.39, 0.29) is 5.91 Å². The van der Waals surface area contributed by atoms with Gasteiger partial charge in [0, 0.05) is 35.0 Å². The van der Waals surface area contributed by atoms with Crippen molar-refractivity contribution < 1.29 is 4.79 Å². The van der Waals surface area contributed by atoms with Crippen molar-refractivity contribution >= 4 is 43.9 Å². The standard InChI is InChI=1S/C21H20N4OS2/c1-4-16-23-13(3)17-12(2)18(28-20(17)24-16)19(26)25-21-22-11-15(27-21)10-14-8-6-5-7-9-14/h5-9,11H,4,10H2,1-3H3,(H,22,25,26). The smallest absolute Gasteiger partial charge is 0.267 e. The van der Waals surface area contributed by atoms with Crippen LogP contribution >= 0.6 is 22.7 Å². The first kappa shape index (κ1) is 18.7. The minimum atomic E-state index is -0.140. The van der Waals surface area contributed by atoms with Crippen LogP contribution < -0.4 is 5.32 Å². The first-order valence-corrected chi connectivity index (χ1v) is 10.7. The average Bonchev–Trinajstić information content (AvgIpc) is 3.26. The molecule has 1 N–H and O–H groups in total. The summed E-state index contributed by atoms with van der Waals surface area (Å²) >= 11 is 2.92. The largest absolute Gasteiger partial charge is 0.297 e. The summed E-state index contributed by atoms with van der Waals surface area (Å²) in [4.78, 5) is 29.0. The molecule has 142 valence electrons. The van der Waals surface area contributed by atoms with Crippen LogP contribution in [-0.4, -0.2) is 20.9 Å². The van der Waals surface area contributed by atoms with Gasteiger partial charge in [-0.15, -0.1) is 22.7 Å². The lowest BCUT2D eigenvalue weighted by atomic mass is 10.1. The van der Waals surface area contributed by atoms with E-state index in [2.05, 4.69) is 32.4 Å². The molecule has 3 heterocycles. The maximum atomic E-state index is 12.9. The van der Waals surface area contributed by atoms with E-state index in [0.717, 1.165) is 45.0 Å². The molecule has 0 bridgehead atoms. The summed E-state index contributed by atoms with van der Waals surface area (Å²) in [6, 6.07) is 10.2. The number of aromatic nitrogens is 3. The highest BCUT2D eigenvalue weighted by Crippen LogP contribution is 2.32. The molecule has 0 atom stereocenters. The number of carbonyl (C=O) groups is 1. The van der Waals surface area contributed by atoms with E-state index in [1.807, 2.05) is 45.2 Å². The fraction of sp³-hybridized carbons (Fsp3) is 0.238. The summed E-state index contributed by atoms with van der Waals surface area (Å²) in [7, 11) is 0. The number of fused-ring (bicyclic) bond motifs is 1. The van der Waals surface area contributed by atoms with Crippen LogP contribution in [0.3, 0.4) is 0 Å². The summed E-state index contributed by atoms with van der Waals surface area (Å²) in [5.41, 5.74) is 3.08. The summed E-state index contributed by atoms with van der Waals surface area (Å²) in [5, 5.41) is 4.54. The molecule has 1 amide bonds. The van der Waals surface area contributed by atoms with Crippen molar-refractivity contribution in [3.8, 4) is 0 Å². The highest BCUT2D eigenvalue weighted by Gasteiger charge is 2.20. The molecule has 0 aliphatic rings. The van der Waals surface area contributed by atoms with Gasteiger partial charge in [-0.25, -0.2) is 15.0 Å². The monoisotopic (exact) mass is 408 g/mol. The van der Waals surface area contributed by atoms with E-state index in [9.17, 15) is 4.79 Å². The Kier molecular flexibility index (Phi) is 5.19. The molecule has 3 aromatic heterocycles. The Morgan fingerprint density at radius 3 is 2.64 bits per heavy atom. The summed E-state index contributed by atoms with van der Waals surface area (Å²) in [6.07, 6.45) is 3.41. The number of carbonyl (C=O) groups excluding carboxylic acids is 1. The quantitative estimate of drug-likeness (QED) is 0.495. The molecule has 0 saturated heterocycles. The fourth-order valence-electron chi connectivity index (χ4n) is 3.17. The zero-order chi connectivity index (χ0) is 19.7. The zero-order valence-corrected chi connectivity index (χ0v) is 17.6. The van der Waals surface area contributed by atoms with E-state index >= 15 is 0 Å². The van der Waals surface area contributed by atoms with Crippen LogP contribution in [0.4, 0.5) is 5.13 Å². The Balaban J connectivity index is 1.56. The van der Waals surface area contributed by atoms with Gasteiger partial charge < -0.3 is 0 Å². The van der Waals surface area contributed by atoms with Crippen molar-refractivity contribution in [3.05, 3.63) is 68.9 Å². The van der Waals surface area contributed by atoms with Crippen molar-refractivity contribution in [2.24, 2.45) is 0 Å². The maximum Gasteiger partial charge on any atom is 0.267 e. The second-order valence-corrected chi connectivity index (χ2v) is 8.68. The summed E-state index contributed by atoms with van der Waals surface area (Å²) in [5.74, 6) is 0.669. The molecule has 5 nitrogen and oxygen atoms in total. The van der Waals surface area contributed by atoms with Gasteiger partial charge in [-0.3, -0.25) is 10.1 Å². The van der Waals surface area contributed by atoms with E-state index in [1.54, 1.807) is 0 Å². The Morgan fingerprint density at radius 2 is 1.89 bits per heavy atom. The number of aryl methyl sites for hydroxylation is 3. The van der Waals surface area contributed by atoms with Gasteiger partial charge in [0.1, 0.15) is 10.7 Å². The molecule has 0 spiro atoms. The molecule has 4 aromatic rings. The molecule has 7 heteroatoms. The first-order chi connectivity index (χ1) is 13.5. The summed E-state index contributed by atoms with van der Waals surface area (Å²) < 4.78 is 0. The third-order valence-electron chi connectivity index (χ3n) is 4.54. The van der Waals surface area contributed by atoms with Crippen LogP contribution in [0.25, 0.3) is 10.2 Å². The number of nitrogens with one attached hydrogen (secondary N) is 1. The molecule has 0 saturated carbocycles. The van der Waals surface area contributed by atoms with Crippen LogP contribution in [0.5, 0.6) is 0 Å². The predicted octanol–water partition coefficient (Wildman–Crippen LogP) is 5.17. The molecule has 0 unspecified atom stereocenters. The molecular weight excluding hydrogens is 388 g/mol. The van der Waals surface area contributed by atoms with E-state index < -0.39 is 0 Å². The van der Waals surface area contributed by atoms with Crippen LogP contribution in [-0.2, 0) is 12.8 Å². The Hall–Kier alpha value is -2.64. The van der Waals surface area contributed by atoms with Gasteiger partial charge in [0.2, 0.25) is 0 Å². The van der Waals surface area contributed by atoms with E-state index in [4.69, 9.17) is 0 Å². The normalized spacial score (nSPS) is 11.1. The summed E-state index contributed by atoms with van der Waals surface area (Å²) in [6.45, 7) is 5.96. The lowest BCUT2D eigenvalue weighted by molar-refractivity contribution is 0.103. The molecular formula is C21H20N4OS2. The lowest BCUT2D eigenvalue weighted by Crippen LogP contribution is -2.11. The minimum Gasteiger partial charge on any atom is -0.297 e. The maximum absolute atomic E-state index is 12.9. The number of rotatable bonds is 5. The van der Waals surface area contributed by atoms with Gasteiger partial charge in [-0.2, -0.15) is 0 Å². The Labute approximate surface area is 171 Å².